The van der Waals surface area contributed by atoms with Gasteiger partial charge in [-0.3, -0.25) is 9.69 Å². The van der Waals surface area contributed by atoms with Crippen LogP contribution in [0, 0.1) is 39.0 Å². The Kier molecular flexibility index (Phi) is 7.25. The van der Waals surface area contributed by atoms with E-state index in [1.165, 1.54) is 0 Å². The predicted octanol–water partition coefficient (Wildman–Crippen LogP) is 7.46. The standard InChI is InChI=1S/C33H32ClN3O2/c1-19-8-11-25(12-9-19)37-28-6-5-7-29(38)32(28)31(27(17-35)33(37)36)26-15-20(2)14-23(22(26)4)18-39-30-13-10-24(34)16-21(30)3/h8-16,31H,5-7,18,36H2,1-4H3. The number of aryl methyl sites for hydroxylation is 3. The largest absolute Gasteiger partial charge is 0.489 e. The molecule has 1 heterocycles. The summed E-state index contributed by atoms with van der Waals surface area (Å²) in [7, 11) is 0. The molecule has 0 fully saturated rings. The number of halogens is 1. The van der Waals surface area contributed by atoms with Crippen LogP contribution in [-0.4, -0.2) is 5.78 Å². The summed E-state index contributed by atoms with van der Waals surface area (Å²) in [6.45, 7) is 8.41. The molecule has 0 bridgehead atoms. The lowest BCUT2D eigenvalue weighted by Crippen LogP contribution is -2.39. The lowest BCUT2D eigenvalue weighted by molar-refractivity contribution is -0.116. The first-order valence-electron chi connectivity index (χ1n) is 13.2. The minimum atomic E-state index is -0.518. The second-order valence-electron chi connectivity index (χ2n) is 10.5. The normalized spacial score (nSPS) is 17.3. The van der Waals surface area contributed by atoms with Gasteiger partial charge >= 0.3 is 0 Å². The summed E-state index contributed by atoms with van der Waals surface area (Å²) in [5.74, 6) is 0.711. The summed E-state index contributed by atoms with van der Waals surface area (Å²) in [4.78, 5) is 15.5. The molecule has 0 saturated heterocycles. The lowest BCUT2D eigenvalue weighted by Gasteiger charge is -2.40. The maximum absolute atomic E-state index is 13.6. The first kappa shape index (κ1) is 26.6. The van der Waals surface area contributed by atoms with Gasteiger partial charge in [0.05, 0.1) is 17.6 Å². The van der Waals surface area contributed by atoms with Crippen LogP contribution in [0.5, 0.6) is 5.75 Å². The van der Waals surface area contributed by atoms with Crippen LogP contribution in [0.15, 0.2) is 77.3 Å². The smallest absolute Gasteiger partial charge is 0.161 e. The number of hydrogen-bond acceptors (Lipinski definition) is 5. The van der Waals surface area contributed by atoms with Gasteiger partial charge in [0.15, 0.2) is 5.78 Å². The average molecular weight is 538 g/mol. The molecule has 1 aliphatic heterocycles. The van der Waals surface area contributed by atoms with Crippen molar-refractivity contribution in [3.8, 4) is 11.8 Å². The number of allylic oxidation sites excluding steroid dienone is 3. The van der Waals surface area contributed by atoms with Crippen LogP contribution in [0.25, 0.3) is 0 Å². The molecule has 0 aromatic heterocycles. The van der Waals surface area contributed by atoms with Crippen molar-refractivity contribution in [1.29, 1.82) is 5.26 Å². The molecule has 5 rings (SSSR count). The maximum atomic E-state index is 13.6. The third kappa shape index (κ3) is 4.93. The van der Waals surface area contributed by atoms with Gasteiger partial charge in [0.2, 0.25) is 0 Å². The average Bonchev–Trinajstić information content (AvgIpc) is 2.90. The first-order valence-corrected chi connectivity index (χ1v) is 13.6. The van der Waals surface area contributed by atoms with Crippen LogP contribution >= 0.6 is 11.6 Å². The van der Waals surface area contributed by atoms with Gasteiger partial charge in [0, 0.05) is 28.4 Å². The van der Waals surface area contributed by atoms with Gasteiger partial charge in [-0.15, -0.1) is 0 Å². The quantitative estimate of drug-likeness (QED) is 0.365. The molecule has 0 saturated carbocycles. The Bertz CT molecular complexity index is 1580. The highest BCUT2D eigenvalue weighted by Gasteiger charge is 2.41. The van der Waals surface area contributed by atoms with Gasteiger partial charge in [-0.2, -0.15) is 5.26 Å². The molecule has 3 aromatic rings. The Morgan fingerprint density at radius 2 is 1.77 bits per heavy atom. The number of carbonyl (C=O) groups is 1. The van der Waals surface area contributed by atoms with Crippen LogP contribution in [0.1, 0.15) is 58.6 Å². The lowest BCUT2D eigenvalue weighted by atomic mass is 9.73. The molecule has 1 aliphatic carbocycles. The van der Waals surface area contributed by atoms with Crippen molar-refractivity contribution >= 4 is 23.1 Å². The third-order valence-electron chi connectivity index (χ3n) is 7.74. The Hall–Kier alpha value is -4.01. The second-order valence-corrected chi connectivity index (χ2v) is 10.9. The summed E-state index contributed by atoms with van der Waals surface area (Å²) in [6.07, 6.45) is 1.95. The molecule has 2 N–H and O–H groups in total. The van der Waals surface area contributed by atoms with Gasteiger partial charge < -0.3 is 10.5 Å². The van der Waals surface area contributed by atoms with Crippen molar-refractivity contribution in [2.75, 3.05) is 4.90 Å². The molecule has 0 amide bonds. The minimum Gasteiger partial charge on any atom is -0.489 e. The number of ketones is 1. The van der Waals surface area contributed by atoms with E-state index in [1.807, 2.05) is 75.1 Å². The zero-order valence-corrected chi connectivity index (χ0v) is 23.5. The second kappa shape index (κ2) is 10.6. The van der Waals surface area contributed by atoms with Crippen LogP contribution in [0.4, 0.5) is 5.69 Å². The van der Waals surface area contributed by atoms with E-state index in [4.69, 9.17) is 22.1 Å². The number of ether oxygens (including phenoxy) is 1. The molecule has 0 spiro atoms. The summed E-state index contributed by atoms with van der Waals surface area (Å²) >= 11 is 6.12. The number of Topliss-reactive ketones (excluding diaryl/α,β-unsaturated/α-hetero) is 1. The topological polar surface area (TPSA) is 79.3 Å². The number of nitrogens with two attached hydrogens (primary N) is 1. The zero-order valence-electron chi connectivity index (χ0n) is 22.8. The maximum Gasteiger partial charge on any atom is 0.161 e. The van der Waals surface area contributed by atoms with Gasteiger partial charge in [-0.25, -0.2) is 0 Å². The third-order valence-corrected chi connectivity index (χ3v) is 7.97. The molecular formula is C33H32ClN3O2. The van der Waals surface area contributed by atoms with E-state index in [9.17, 15) is 10.1 Å². The van der Waals surface area contributed by atoms with Crippen molar-refractivity contribution in [2.45, 2.75) is 59.5 Å². The van der Waals surface area contributed by atoms with Gasteiger partial charge in [-0.05, 0) is 93.1 Å². The monoisotopic (exact) mass is 537 g/mol. The molecule has 39 heavy (non-hydrogen) atoms. The van der Waals surface area contributed by atoms with Crippen molar-refractivity contribution < 1.29 is 9.53 Å². The number of hydrogen-bond donors (Lipinski definition) is 1. The highest BCUT2D eigenvalue weighted by Crippen LogP contribution is 2.47. The van der Waals surface area contributed by atoms with E-state index >= 15 is 0 Å². The van der Waals surface area contributed by atoms with E-state index in [0.717, 1.165) is 63.4 Å². The summed E-state index contributed by atoms with van der Waals surface area (Å²) < 4.78 is 6.20. The summed E-state index contributed by atoms with van der Waals surface area (Å²) in [5, 5.41) is 11.1. The Morgan fingerprint density at radius 3 is 2.46 bits per heavy atom. The number of nitriles is 1. The van der Waals surface area contributed by atoms with Crippen molar-refractivity contribution in [1.82, 2.24) is 0 Å². The highest BCUT2D eigenvalue weighted by atomic mass is 35.5. The van der Waals surface area contributed by atoms with E-state index in [1.54, 1.807) is 0 Å². The molecule has 1 atom stereocenters. The first-order chi connectivity index (χ1) is 18.7. The van der Waals surface area contributed by atoms with Crippen LogP contribution in [0.3, 0.4) is 0 Å². The fourth-order valence-corrected chi connectivity index (χ4v) is 5.96. The Morgan fingerprint density at radius 1 is 1.03 bits per heavy atom. The van der Waals surface area contributed by atoms with Crippen LogP contribution in [-0.2, 0) is 11.4 Å². The fourth-order valence-electron chi connectivity index (χ4n) is 5.73. The fraction of sp³-hybridized carbons (Fsp3) is 0.273. The SMILES string of the molecule is Cc1ccc(N2C(N)=C(C#N)C(c3cc(C)cc(COc4ccc(Cl)cc4C)c3C)C3=C2CCCC3=O)cc1. The van der Waals surface area contributed by atoms with E-state index in [2.05, 4.69) is 18.2 Å². The van der Waals surface area contributed by atoms with E-state index in [-0.39, 0.29) is 5.78 Å². The summed E-state index contributed by atoms with van der Waals surface area (Å²) in [6, 6.07) is 20.2. The Labute approximate surface area is 235 Å². The molecule has 0 radical (unpaired) electrons. The number of rotatable bonds is 5. The number of carbonyl (C=O) groups excluding carboxylic acids is 1. The van der Waals surface area contributed by atoms with Gasteiger partial charge in [-0.1, -0.05) is 47.0 Å². The highest BCUT2D eigenvalue weighted by molar-refractivity contribution is 6.30. The van der Waals surface area contributed by atoms with Crippen LogP contribution < -0.4 is 15.4 Å². The van der Waals surface area contributed by atoms with Crippen molar-refractivity contribution in [2.24, 2.45) is 5.73 Å². The van der Waals surface area contributed by atoms with Gasteiger partial charge in [0.1, 0.15) is 18.2 Å². The van der Waals surface area contributed by atoms with Gasteiger partial charge in [0.25, 0.3) is 0 Å². The molecule has 5 nitrogen and oxygen atoms in total. The van der Waals surface area contributed by atoms with E-state index in [0.29, 0.717) is 35.0 Å². The minimum absolute atomic E-state index is 0.0779. The molecule has 2 aliphatic rings. The molecule has 1 unspecified atom stereocenters. The molecule has 3 aromatic carbocycles. The molecule has 198 valence electrons. The number of benzene rings is 3. The number of anilines is 1. The number of nitrogens with zero attached hydrogens (tertiary/aromatic N) is 2. The molecular weight excluding hydrogens is 506 g/mol. The summed E-state index contributed by atoms with van der Waals surface area (Å²) in [5.41, 5.74) is 15.7. The predicted molar refractivity (Wildman–Crippen MR) is 156 cm³/mol. The zero-order chi connectivity index (χ0) is 27.8. The Balaban J connectivity index is 1.62. The molecule has 6 heteroatoms. The van der Waals surface area contributed by atoms with Crippen molar-refractivity contribution in [3.05, 3.63) is 116 Å². The van der Waals surface area contributed by atoms with Crippen molar-refractivity contribution in [3.63, 3.8) is 0 Å². The van der Waals surface area contributed by atoms with Crippen LogP contribution in [0.2, 0.25) is 5.02 Å². The van der Waals surface area contributed by atoms with E-state index < -0.39 is 5.92 Å².